The van der Waals surface area contributed by atoms with Crippen molar-refractivity contribution in [2.24, 2.45) is 11.8 Å². The van der Waals surface area contributed by atoms with Crippen LogP contribution in [0.1, 0.15) is 39.0 Å². The van der Waals surface area contributed by atoms with Crippen LogP contribution in [0.3, 0.4) is 0 Å². The second-order valence-electron chi connectivity index (χ2n) is 5.28. The summed E-state index contributed by atoms with van der Waals surface area (Å²) in [6.45, 7) is 6.46. The Balaban J connectivity index is 2.03. The molecule has 0 amide bonds. The molecule has 86 valence electrons. The zero-order valence-electron chi connectivity index (χ0n) is 10.3. The molecule has 2 rings (SSSR count). The molecule has 1 fully saturated rings. The molecule has 16 heavy (non-hydrogen) atoms. The molecule has 1 aromatic rings. The lowest BCUT2D eigenvalue weighted by Crippen LogP contribution is -2.22. The molecule has 0 aromatic heterocycles. The van der Waals surface area contributed by atoms with Gasteiger partial charge in [0.1, 0.15) is 0 Å². The number of hydrogen-bond donors (Lipinski definition) is 0. The van der Waals surface area contributed by atoms with Crippen molar-refractivity contribution < 1.29 is 0 Å². The first-order valence-corrected chi connectivity index (χ1v) is 6.50. The average Bonchev–Trinajstić information content (AvgIpc) is 2.28. The molecular formula is C16H22. The Hall–Kier alpha value is -1.04. The molecule has 0 nitrogen and oxygen atoms in total. The first kappa shape index (κ1) is 11.4. The van der Waals surface area contributed by atoms with Crippen LogP contribution in [0.15, 0.2) is 24.3 Å². The Labute approximate surface area is 98.7 Å². The standard InChI is InChI=1S/C16H22/c1-13-6-5-8-15(12-13)10-11-16-9-4-3-7-14(16)2/h3-4,7,9,11,13,15H,2,5-6,8,10,12H2,1H3/b16-11+. The summed E-state index contributed by atoms with van der Waals surface area (Å²) in [5.41, 5.74) is 0. The van der Waals surface area contributed by atoms with Crippen molar-refractivity contribution in [1.82, 2.24) is 0 Å². The Morgan fingerprint density at radius 1 is 1.31 bits per heavy atom. The van der Waals surface area contributed by atoms with Crippen molar-refractivity contribution in [1.29, 1.82) is 0 Å². The lowest BCUT2D eigenvalue weighted by atomic mass is 9.81. The van der Waals surface area contributed by atoms with Gasteiger partial charge in [-0.15, -0.1) is 0 Å². The van der Waals surface area contributed by atoms with Gasteiger partial charge in [-0.2, -0.15) is 0 Å². The lowest BCUT2D eigenvalue weighted by Gasteiger charge is -2.25. The van der Waals surface area contributed by atoms with E-state index >= 15 is 0 Å². The number of rotatable bonds is 2. The average molecular weight is 214 g/mol. The maximum Gasteiger partial charge on any atom is -0.0230 e. The Morgan fingerprint density at radius 3 is 2.88 bits per heavy atom. The zero-order chi connectivity index (χ0) is 11.4. The van der Waals surface area contributed by atoms with Crippen LogP contribution < -0.4 is 10.4 Å². The normalized spacial score (nSPS) is 26.9. The fourth-order valence-electron chi connectivity index (χ4n) is 2.80. The van der Waals surface area contributed by atoms with Crippen molar-refractivity contribution in [3.63, 3.8) is 0 Å². The van der Waals surface area contributed by atoms with Crippen LogP contribution in [0.2, 0.25) is 0 Å². The van der Waals surface area contributed by atoms with Crippen LogP contribution in [-0.4, -0.2) is 0 Å². The number of hydrogen-bond acceptors (Lipinski definition) is 0. The summed E-state index contributed by atoms with van der Waals surface area (Å²) in [6.07, 6.45) is 9.30. The highest BCUT2D eigenvalue weighted by Crippen LogP contribution is 2.30. The maximum atomic E-state index is 4.07. The highest BCUT2D eigenvalue weighted by molar-refractivity contribution is 5.26. The van der Waals surface area contributed by atoms with Crippen LogP contribution in [0.25, 0.3) is 12.7 Å². The van der Waals surface area contributed by atoms with Gasteiger partial charge < -0.3 is 0 Å². The molecule has 1 aliphatic carbocycles. The second kappa shape index (κ2) is 5.34. The molecule has 0 heterocycles. The van der Waals surface area contributed by atoms with E-state index in [1.807, 2.05) is 0 Å². The molecule has 1 saturated carbocycles. The van der Waals surface area contributed by atoms with Gasteiger partial charge in [0.2, 0.25) is 0 Å². The molecule has 0 spiro atoms. The van der Waals surface area contributed by atoms with E-state index in [2.05, 4.69) is 43.8 Å². The quantitative estimate of drug-likeness (QED) is 0.709. The molecule has 0 heteroatoms. The second-order valence-corrected chi connectivity index (χ2v) is 5.28. The summed E-state index contributed by atoms with van der Waals surface area (Å²) in [4.78, 5) is 0. The minimum absolute atomic E-state index is 0.906. The van der Waals surface area contributed by atoms with Gasteiger partial charge in [-0.1, -0.05) is 63.1 Å². The molecule has 2 atom stereocenters. The van der Waals surface area contributed by atoms with Gasteiger partial charge in [-0.3, -0.25) is 0 Å². The van der Waals surface area contributed by atoms with E-state index in [9.17, 15) is 0 Å². The van der Waals surface area contributed by atoms with Gasteiger partial charge in [-0.05, 0) is 35.1 Å². The van der Waals surface area contributed by atoms with Crippen LogP contribution in [0.5, 0.6) is 0 Å². The first-order valence-electron chi connectivity index (χ1n) is 6.50. The van der Waals surface area contributed by atoms with Gasteiger partial charge in [-0.25, -0.2) is 0 Å². The minimum Gasteiger partial charge on any atom is -0.0912 e. The van der Waals surface area contributed by atoms with Gasteiger partial charge in [0.15, 0.2) is 0 Å². The third-order valence-corrected chi connectivity index (χ3v) is 3.77. The predicted molar refractivity (Wildman–Crippen MR) is 71.4 cm³/mol. The van der Waals surface area contributed by atoms with Crippen molar-refractivity contribution in [2.45, 2.75) is 39.0 Å². The fourth-order valence-corrected chi connectivity index (χ4v) is 2.80. The third-order valence-electron chi connectivity index (χ3n) is 3.77. The predicted octanol–water partition coefficient (Wildman–Crippen LogP) is 3.09. The maximum absolute atomic E-state index is 4.07. The Bertz CT molecular complexity index is 430. The van der Waals surface area contributed by atoms with E-state index in [-0.39, 0.29) is 0 Å². The van der Waals surface area contributed by atoms with E-state index in [0.717, 1.165) is 17.1 Å². The van der Waals surface area contributed by atoms with E-state index in [1.165, 1.54) is 37.3 Å². The minimum atomic E-state index is 0.906. The van der Waals surface area contributed by atoms with Crippen LogP contribution >= 0.6 is 0 Å². The summed E-state index contributed by atoms with van der Waals surface area (Å²) in [7, 11) is 0. The summed E-state index contributed by atoms with van der Waals surface area (Å²) in [5.74, 6) is 1.84. The lowest BCUT2D eigenvalue weighted by molar-refractivity contribution is 0.288. The third kappa shape index (κ3) is 2.98. The molecule has 0 N–H and O–H groups in total. The van der Waals surface area contributed by atoms with Crippen LogP contribution in [0, 0.1) is 11.8 Å². The monoisotopic (exact) mass is 214 g/mol. The van der Waals surface area contributed by atoms with Gasteiger partial charge in [0.05, 0.1) is 0 Å². The van der Waals surface area contributed by atoms with Crippen LogP contribution in [-0.2, 0) is 0 Å². The summed E-state index contributed by atoms with van der Waals surface area (Å²) in [6, 6.07) is 8.43. The molecule has 0 aliphatic heterocycles. The van der Waals surface area contributed by atoms with E-state index in [0.29, 0.717) is 0 Å². The molecule has 1 aliphatic rings. The van der Waals surface area contributed by atoms with Gasteiger partial charge >= 0.3 is 0 Å². The molecule has 0 saturated heterocycles. The largest absolute Gasteiger partial charge is 0.0912 e. The smallest absolute Gasteiger partial charge is 0.0230 e. The van der Waals surface area contributed by atoms with Crippen molar-refractivity contribution >= 4 is 12.7 Å². The summed E-state index contributed by atoms with van der Waals surface area (Å²) in [5, 5.41) is 2.48. The number of benzene rings is 1. The van der Waals surface area contributed by atoms with E-state index < -0.39 is 0 Å². The highest BCUT2D eigenvalue weighted by atomic mass is 14.2. The summed E-state index contributed by atoms with van der Waals surface area (Å²) >= 11 is 0. The highest BCUT2D eigenvalue weighted by Gasteiger charge is 2.17. The van der Waals surface area contributed by atoms with E-state index in [4.69, 9.17) is 0 Å². The zero-order valence-corrected chi connectivity index (χ0v) is 10.3. The molecule has 2 unspecified atom stereocenters. The van der Waals surface area contributed by atoms with Crippen molar-refractivity contribution in [3.8, 4) is 0 Å². The topological polar surface area (TPSA) is 0 Å². The molecule has 0 radical (unpaired) electrons. The van der Waals surface area contributed by atoms with Gasteiger partial charge in [0, 0.05) is 0 Å². The van der Waals surface area contributed by atoms with Crippen LogP contribution in [0.4, 0.5) is 0 Å². The molecule has 0 bridgehead atoms. The SMILES string of the molecule is C=c1cccc/c1=C\CC1CCCC(C)C1. The van der Waals surface area contributed by atoms with Crippen molar-refractivity contribution in [3.05, 3.63) is 34.7 Å². The first-order chi connectivity index (χ1) is 7.75. The molecular weight excluding hydrogens is 192 g/mol. The molecule has 1 aromatic carbocycles. The Kier molecular flexibility index (Phi) is 3.82. The van der Waals surface area contributed by atoms with Gasteiger partial charge in [0.25, 0.3) is 0 Å². The fraction of sp³-hybridized carbons (Fsp3) is 0.500. The van der Waals surface area contributed by atoms with Crippen molar-refractivity contribution in [2.75, 3.05) is 0 Å². The van der Waals surface area contributed by atoms with E-state index in [1.54, 1.807) is 0 Å². The Morgan fingerprint density at radius 2 is 2.12 bits per heavy atom. The summed E-state index contributed by atoms with van der Waals surface area (Å²) < 4.78 is 0.